The van der Waals surface area contributed by atoms with E-state index in [1.54, 1.807) is 0 Å². The van der Waals surface area contributed by atoms with Crippen LogP contribution in [0.15, 0.2) is 109 Å². The SMILES string of the molecule is O=S(=O)(C1(Oc2ccccc2)C=CC=CC1OC(F)(F)F)C1(Oc2ccccc2)C=CC=CC1OC(F)(F)F. The Hall–Kier alpha value is -3.55. The van der Waals surface area contributed by atoms with Crippen LogP contribution in [-0.4, -0.2) is 43.2 Å². The molecule has 0 aromatic heterocycles. The lowest BCUT2D eigenvalue weighted by Gasteiger charge is -2.46. The fourth-order valence-electron chi connectivity index (χ4n) is 4.07. The van der Waals surface area contributed by atoms with Crippen molar-refractivity contribution in [2.75, 3.05) is 0 Å². The van der Waals surface area contributed by atoms with E-state index >= 15 is 0 Å². The van der Waals surface area contributed by atoms with Gasteiger partial charge in [0, 0.05) is 0 Å². The van der Waals surface area contributed by atoms with Gasteiger partial charge in [0.25, 0.3) is 9.87 Å². The number of ether oxygens (including phenoxy) is 4. The zero-order valence-electron chi connectivity index (χ0n) is 19.7. The summed E-state index contributed by atoms with van der Waals surface area (Å²) in [7, 11) is -5.52. The summed E-state index contributed by atoms with van der Waals surface area (Å²) in [4.78, 5) is -6.17. The van der Waals surface area contributed by atoms with Crippen molar-refractivity contribution in [3.05, 3.63) is 109 Å². The normalized spacial score (nSPS) is 26.9. The summed E-state index contributed by atoms with van der Waals surface area (Å²) in [6.07, 6.45) is -8.14. The highest BCUT2D eigenvalue weighted by Crippen LogP contribution is 2.46. The van der Waals surface area contributed by atoms with Crippen LogP contribution in [0.25, 0.3) is 0 Å². The molecule has 2 aromatic rings. The maximum Gasteiger partial charge on any atom is 0.523 e. The Bertz CT molecular complexity index is 1270. The summed E-state index contributed by atoms with van der Waals surface area (Å²) in [6, 6.07) is 13.8. The second-order valence-corrected chi connectivity index (χ2v) is 10.5. The lowest BCUT2D eigenvalue weighted by atomic mass is 10.1. The average Bonchev–Trinajstić information content (AvgIpc) is 2.86. The molecule has 39 heavy (non-hydrogen) atoms. The predicted octanol–water partition coefficient (Wildman–Crippen LogP) is 6.01. The van der Waals surface area contributed by atoms with Crippen molar-refractivity contribution in [2.45, 2.75) is 34.8 Å². The van der Waals surface area contributed by atoms with Gasteiger partial charge in [-0.15, -0.1) is 26.3 Å². The number of sulfone groups is 1. The molecular formula is C26H20F6O6S. The number of alkyl halides is 6. The van der Waals surface area contributed by atoms with Crippen molar-refractivity contribution < 1.29 is 53.7 Å². The Morgan fingerprint density at radius 3 is 1.28 bits per heavy atom. The molecule has 208 valence electrons. The van der Waals surface area contributed by atoms with Gasteiger partial charge >= 0.3 is 12.7 Å². The zero-order valence-corrected chi connectivity index (χ0v) is 20.5. The van der Waals surface area contributed by atoms with Gasteiger partial charge in [-0.25, -0.2) is 8.42 Å². The van der Waals surface area contributed by atoms with Crippen molar-refractivity contribution >= 4 is 9.84 Å². The molecule has 0 saturated heterocycles. The number of halogens is 6. The van der Waals surface area contributed by atoms with Gasteiger partial charge in [0.2, 0.25) is 9.84 Å². The lowest BCUT2D eigenvalue weighted by molar-refractivity contribution is -0.345. The number of hydrogen-bond acceptors (Lipinski definition) is 6. The van der Waals surface area contributed by atoms with E-state index in [-0.39, 0.29) is 11.5 Å². The molecule has 2 aliphatic rings. The van der Waals surface area contributed by atoms with Crippen molar-refractivity contribution in [3.63, 3.8) is 0 Å². The summed E-state index contributed by atoms with van der Waals surface area (Å²) in [6.45, 7) is 0. The third-order valence-electron chi connectivity index (χ3n) is 5.65. The maximum atomic E-state index is 14.7. The third-order valence-corrected chi connectivity index (χ3v) is 8.23. The molecule has 0 saturated carbocycles. The summed E-state index contributed by atoms with van der Waals surface area (Å²) >= 11 is 0. The molecule has 0 amide bonds. The molecule has 0 radical (unpaired) electrons. The first-order valence-corrected chi connectivity index (χ1v) is 12.7. The Morgan fingerprint density at radius 1 is 0.590 bits per heavy atom. The minimum Gasteiger partial charge on any atom is -0.464 e. The third kappa shape index (κ3) is 5.89. The molecule has 0 bridgehead atoms. The van der Waals surface area contributed by atoms with Crippen LogP contribution in [-0.2, 0) is 19.3 Å². The molecule has 4 atom stereocenters. The van der Waals surface area contributed by atoms with Gasteiger partial charge in [0.1, 0.15) is 23.7 Å². The van der Waals surface area contributed by atoms with Gasteiger partial charge in [-0.1, -0.05) is 72.9 Å². The first kappa shape index (κ1) is 28.5. The summed E-state index contributed by atoms with van der Waals surface area (Å²) < 4.78 is 130. The fraction of sp³-hybridized carbons (Fsp3) is 0.231. The fourth-order valence-corrected chi connectivity index (χ4v) is 6.36. The molecular weight excluding hydrogens is 554 g/mol. The van der Waals surface area contributed by atoms with E-state index in [4.69, 9.17) is 9.47 Å². The molecule has 6 nitrogen and oxygen atoms in total. The van der Waals surface area contributed by atoms with E-state index in [0.717, 1.165) is 48.6 Å². The highest BCUT2D eigenvalue weighted by molar-refractivity contribution is 7.94. The van der Waals surface area contributed by atoms with Crippen molar-refractivity contribution in [1.29, 1.82) is 0 Å². The molecule has 4 unspecified atom stereocenters. The Labute approximate surface area is 219 Å². The van der Waals surface area contributed by atoms with Crippen LogP contribution in [0.1, 0.15) is 0 Å². The average molecular weight is 574 g/mol. The maximum absolute atomic E-state index is 14.7. The van der Waals surface area contributed by atoms with Gasteiger partial charge in [-0.3, -0.25) is 9.47 Å². The van der Waals surface area contributed by atoms with Crippen LogP contribution >= 0.6 is 0 Å². The van der Waals surface area contributed by atoms with Crippen LogP contribution < -0.4 is 9.47 Å². The second-order valence-electron chi connectivity index (χ2n) is 8.23. The van der Waals surface area contributed by atoms with Gasteiger partial charge in [-0.05, 0) is 36.4 Å². The van der Waals surface area contributed by atoms with Gasteiger partial charge in [0.15, 0.2) is 0 Å². The Morgan fingerprint density at radius 2 is 0.949 bits per heavy atom. The zero-order chi connectivity index (χ0) is 28.4. The molecule has 0 aliphatic heterocycles. The Kier molecular flexibility index (Phi) is 7.70. The highest BCUT2D eigenvalue weighted by atomic mass is 32.2. The summed E-state index contributed by atoms with van der Waals surface area (Å²) in [5, 5.41) is 0. The van der Waals surface area contributed by atoms with Crippen LogP contribution in [0, 0.1) is 0 Å². The van der Waals surface area contributed by atoms with Gasteiger partial charge in [-0.2, -0.15) is 0 Å². The minimum absolute atomic E-state index is 0.213. The molecule has 13 heteroatoms. The van der Waals surface area contributed by atoms with Gasteiger partial charge in [0.05, 0.1) is 0 Å². The molecule has 0 fully saturated rings. The number of hydrogen-bond donors (Lipinski definition) is 0. The molecule has 0 spiro atoms. The van der Waals surface area contributed by atoms with Crippen LogP contribution in [0.2, 0.25) is 0 Å². The Balaban J connectivity index is 1.98. The largest absolute Gasteiger partial charge is 0.523 e. The molecule has 2 aromatic carbocycles. The van der Waals surface area contributed by atoms with E-state index in [1.807, 2.05) is 0 Å². The summed E-state index contributed by atoms with van der Waals surface area (Å²) in [5.74, 6) is -0.425. The number of para-hydroxylation sites is 2. The summed E-state index contributed by atoms with van der Waals surface area (Å²) in [5.41, 5.74) is 0. The van der Waals surface area contributed by atoms with Crippen molar-refractivity contribution in [3.8, 4) is 11.5 Å². The second kappa shape index (κ2) is 10.5. The first-order valence-electron chi connectivity index (χ1n) is 11.2. The van der Waals surface area contributed by atoms with Crippen molar-refractivity contribution in [1.82, 2.24) is 0 Å². The van der Waals surface area contributed by atoms with Crippen LogP contribution in [0.3, 0.4) is 0 Å². The van der Waals surface area contributed by atoms with Crippen LogP contribution in [0.5, 0.6) is 11.5 Å². The van der Waals surface area contributed by atoms with Gasteiger partial charge < -0.3 is 9.47 Å². The molecule has 0 heterocycles. The molecule has 0 N–H and O–H groups in total. The standard InChI is InChI=1S/C26H20F6O6S/c27-25(28,29)37-21-15-7-9-17-23(21,35-19-11-3-1-4-12-19)39(33,34)24(36-20-13-5-2-6-14-20)18-10-8-16-22(24)38-26(30,31)32/h1-18,21-22H. The topological polar surface area (TPSA) is 71.1 Å². The minimum atomic E-state index is -5.52. The highest BCUT2D eigenvalue weighted by Gasteiger charge is 2.67. The molecule has 4 rings (SSSR count). The van der Waals surface area contributed by atoms with Crippen molar-refractivity contribution in [2.24, 2.45) is 0 Å². The van der Waals surface area contributed by atoms with E-state index in [1.165, 1.54) is 60.7 Å². The number of rotatable bonds is 8. The smallest absolute Gasteiger partial charge is 0.464 e. The monoisotopic (exact) mass is 574 g/mol. The quantitative estimate of drug-likeness (QED) is 0.360. The van der Waals surface area contributed by atoms with E-state index in [0.29, 0.717) is 0 Å². The predicted molar refractivity (Wildman–Crippen MR) is 127 cm³/mol. The lowest BCUT2D eigenvalue weighted by Crippen LogP contribution is -2.67. The number of allylic oxidation sites excluding steroid dienone is 4. The number of benzene rings is 2. The first-order chi connectivity index (χ1) is 18.3. The van der Waals surface area contributed by atoms with Crippen LogP contribution in [0.4, 0.5) is 26.3 Å². The van der Waals surface area contributed by atoms with E-state index in [2.05, 4.69) is 9.47 Å². The molecule has 2 aliphatic carbocycles. The van der Waals surface area contributed by atoms with E-state index < -0.39 is 44.6 Å². The van der Waals surface area contributed by atoms with E-state index in [9.17, 15) is 34.8 Å².